The van der Waals surface area contributed by atoms with E-state index in [-0.39, 0.29) is 29.0 Å². The highest BCUT2D eigenvalue weighted by molar-refractivity contribution is 6.32. The Hall–Kier alpha value is -2.62. The lowest BCUT2D eigenvalue weighted by atomic mass is 10.1. The fraction of sp³-hybridized carbons (Fsp3) is 0.235. The van der Waals surface area contributed by atoms with E-state index in [4.69, 9.17) is 21.6 Å². The molecule has 124 valence electrons. The highest BCUT2D eigenvalue weighted by atomic mass is 35.5. The van der Waals surface area contributed by atoms with Crippen LogP contribution in [0.5, 0.6) is 0 Å². The van der Waals surface area contributed by atoms with E-state index >= 15 is 0 Å². The summed E-state index contributed by atoms with van der Waals surface area (Å²) in [6, 6.07) is 12.9. The minimum absolute atomic E-state index is 0.133. The van der Waals surface area contributed by atoms with Crippen molar-refractivity contribution in [1.82, 2.24) is 10.3 Å². The van der Waals surface area contributed by atoms with Crippen molar-refractivity contribution in [2.45, 2.75) is 13.0 Å². The van der Waals surface area contributed by atoms with Crippen molar-refractivity contribution in [1.29, 1.82) is 5.26 Å². The van der Waals surface area contributed by atoms with Gasteiger partial charge in [-0.25, -0.2) is 9.78 Å². The molecular formula is C17H17ClN4O2. The van der Waals surface area contributed by atoms with Gasteiger partial charge in [0.05, 0.1) is 22.9 Å². The number of hydrogen-bond donors (Lipinski definition) is 2. The number of nitrogens with one attached hydrogen (secondary N) is 2. The first-order valence-electron chi connectivity index (χ1n) is 7.31. The number of amides is 2. The standard InChI is InChI=1S/C17H17ClN4O2/c1-24-11-15-13(10-19)14(18)9-16(21-15)22-17(23)20-8-7-12-5-3-2-4-6-12/h2-6,9H,7-8,11H2,1H3,(H2,20,21,22,23). The first kappa shape index (κ1) is 17.7. The topological polar surface area (TPSA) is 87.0 Å². The minimum Gasteiger partial charge on any atom is -0.378 e. The molecule has 0 atom stereocenters. The third-order valence-electron chi connectivity index (χ3n) is 3.22. The van der Waals surface area contributed by atoms with Gasteiger partial charge in [0.2, 0.25) is 0 Å². The van der Waals surface area contributed by atoms with Crippen molar-refractivity contribution in [3.63, 3.8) is 0 Å². The van der Waals surface area contributed by atoms with Crippen molar-refractivity contribution < 1.29 is 9.53 Å². The Kier molecular flexibility index (Phi) is 6.55. The summed E-state index contributed by atoms with van der Waals surface area (Å²) in [5.41, 5.74) is 1.76. The number of hydrogen-bond acceptors (Lipinski definition) is 4. The van der Waals surface area contributed by atoms with Gasteiger partial charge in [0.1, 0.15) is 11.9 Å². The second-order valence-electron chi connectivity index (χ2n) is 4.97. The predicted octanol–water partition coefficient (Wildman–Crippen LogP) is 3.12. The van der Waals surface area contributed by atoms with Gasteiger partial charge in [-0.15, -0.1) is 0 Å². The molecule has 7 heteroatoms. The van der Waals surface area contributed by atoms with Crippen molar-refractivity contribution in [2.24, 2.45) is 0 Å². The monoisotopic (exact) mass is 344 g/mol. The maximum Gasteiger partial charge on any atom is 0.320 e. The molecule has 0 aliphatic heterocycles. The Labute approximate surface area is 145 Å². The molecule has 2 N–H and O–H groups in total. The van der Waals surface area contributed by atoms with Gasteiger partial charge >= 0.3 is 6.03 Å². The van der Waals surface area contributed by atoms with Gasteiger partial charge in [0.15, 0.2) is 0 Å². The largest absolute Gasteiger partial charge is 0.378 e. The number of halogens is 1. The molecule has 1 aromatic carbocycles. The van der Waals surface area contributed by atoms with Crippen molar-refractivity contribution in [3.8, 4) is 6.07 Å². The lowest BCUT2D eigenvalue weighted by Gasteiger charge is -2.10. The van der Waals surface area contributed by atoms with E-state index in [2.05, 4.69) is 15.6 Å². The van der Waals surface area contributed by atoms with Gasteiger partial charge < -0.3 is 10.1 Å². The highest BCUT2D eigenvalue weighted by Crippen LogP contribution is 2.22. The lowest BCUT2D eigenvalue weighted by Crippen LogP contribution is -2.30. The van der Waals surface area contributed by atoms with Crippen LogP contribution in [0.4, 0.5) is 10.6 Å². The van der Waals surface area contributed by atoms with Crippen LogP contribution in [0.2, 0.25) is 5.02 Å². The molecule has 2 aromatic rings. The van der Waals surface area contributed by atoms with E-state index in [0.29, 0.717) is 12.2 Å². The van der Waals surface area contributed by atoms with Gasteiger partial charge in [-0.05, 0) is 12.0 Å². The van der Waals surface area contributed by atoms with Crippen LogP contribution in [-0.2, 0) is 17.8 Å². The van der Waals surface area contributed by atoms with Crippen LogP contribution in [0, 0.1) is 11.3 Å². The number of anilines is 1. The highest BCUT2D eigenvalue weighted by Gasteiger charge is 2.12. The van der Waals surface area contributed by atoms with Crippen molar-refractivity contribution >= 4 is 23.4 Å². The molecule has 2 rings (SSSR count). The number of carbonyl (C=O) groups is 1. The summed E-state index contributed by atoms with van der Waals surface area (Å²) < 4.78 is 5.00. The smallest absolute Gasteiger partial charge is 0.320 e. The number of aromatic nitrogens is 1. The summed E-state index contributed by atoms with van der Waals surface area (Å²) in [5, 5.41) is 14.7. The fourth-order valence-corrected chi connectivity index (χ4v) is 2.37. The molecule has 24 heavy (non-hydrogen) atoms. The molecule has 0 radical (unpaired) electrons. The Morgan fingerprint density at radius 2 is 2.12 bits per heavy atom. The number of urea groups is 1. The summed E-state index contributed by atoms with van der Waals surface area (Å²) in [5.74, 6) is 0.267. The number of nitrogens with zero attached hydrogens (tertiary/aromatic N) is 2. The number of nitriles is 1. The normalized spacial score (nSPS) is 10.0. The van der Waals surface area contributed by atoms with Gasteiger partial charge in [-0.1, -0.05) is 41.9 Å². The van der Waals surface area contributed by atoms with E-state index in [0.717, 1.165) is 12.0 Å². The number of carbonyl (C=O) groups excluding carboxylic acids is 1. The van der Waals surface area contributed by atoms with Crippen LogP contribution in [0.15, 0.2) is 36.4 Å². The fourth-order valence-electron chi connectivity index (χ4n) is 2.11. The van der Waals surface area contributed by atoms with Crippen molar-refractivity contribution in [3.05, 3.63) is 58.2 Å². The number of methoxy groups -OCH3 is 1. The first-order valence-corrected chi connectivity index (χ1v) is 7.69. The Morgan fingerprint density at radius 1 is 1.38 bits per heavy atom. The first-order chi connectivity index (χ1) is 11.6. The molecule has 0 aliphatic carbocycles. The molecule has 0 aliphatic rings. The molecule has 0 unspecified atom stereocenters. The third-order valence-corrected chi connectivity index (χ3v) is 3.52. The number of benzene rings is 1. The van der Waals surface area contributed by atoms with Crippen LogP contribution >= 0.6 is 11.6 Å². The van der Waals surface area contributed by atoms with Crippen LogP contribution in [0.3, 0.4) is 0 Å². The average molecular weight is 345 g/mol. The molecule has 6 nitrogen and oxygen atoms in total. The van der Waals surface area contributed by atoms with E-state index in [1.54, 1.807) is 0 Å². The van der Waals surface area contributed by atoms with E-state index in [1.807, 2.05) is 36.4 Å². The number of pyridine rings is 1. The zero-order valence-corrected chi connectivity index (χ0v) is 13.9. The number of rotatable bonds is 6. The molecular weight excluding hydrogens is 328 g/mol. The summed E-state index contributed by atoms with van der Waals surface area (Å²) in [4.78, 5) is 16.1. The Morgan fingerprint density at radius 3 is 2.79 bits per heavy atom. The Bertz CT molecular complexity index is 744. The molecule has 0 fully saturated rings. The molecule has 0 bridgehead atoms. The molecule has 2 amide bonds. The molecule has 1 heterocycles. The third kappa shape index (κ3) is 4.95. The van der Waals surface area contributed by atoms with Gasteiger partial charge in [0.25, 0.3) is 0 Å². The quantitative estimate of drug-likeness (QED) is 0.842. The maximum atomic E-state index is 11.9. The van der Waals surface area contributed by atoms with E-state index < -0.39 is 0 Å². The maximum absolute atomic E-state index is 11.9. The molecule has 0 saturated heterocycles. The zero-order valence-electron chi connectivity index (χ0n) is 13.2. The van der Waals surface area contributed by atoms with E-state index in [1.165, 1.54) is 13.2 Å². The van der Waals surface area contributed by atoms with Crippen LogP contribution < -0.4 is 10.6 Å². The SMILES string of the molecule is COCc1nc(NC(=O)NCCc2ccccc2)cc(Cl)c1C#N. The zero-order chi connectivity index (χ0) is 17.4. The van der Waals surface area contributed by atoms with Gasteiger partial charge in [-0.3, -0.25) is 5.32 Å². The molecule has 0 spiro atoms. The van der Waals surface area contributed by atoms with Crippen LogP contribution in [-0.4, -0.2) is 24.7 Å². The predicted molar refractivity (Wildman–Crippen MR) is 91.8 cm³/mol. The summed E-state index contributed by atoms with van der Waals surface area (Å²) >= 11 is 6.05. The summed E-state index contributed by atoms with van der Waals surface area (Å²) in [7, 11) is 1.49. The van der Waals surface area contributed by atoms with Gasteiger partial charge in [-0.2, -0.15) is 5.26 Å². The molecule has 1 aromatic heterocycles. The second-order valence-corrected chi connectivity index (χ2v) is 5.38. The Balaban J connectivity index is 1.95. The molecule has 0 saturated carbocycles. The number of ether oxygens (including phenoxy) is 1. The minimum atomic E-state index is -0.387. The second kappa shape index (κ2) is 8.87. The summed E-state index contributed by atoms with van der Waals surface area (Å²) in [6.07, 6.45) is 0.727. The summed E-state index contributed by atoms with van der Waals surface area (Å²) in [6.45, 7) is 0.624. The van der Waals surface area contributed by atoms with Crippen molar-refractivity contribution in [2.75, 3.05) is 19.0 Å². The lowest BCUT2D eigenvalue weighted by molar-refractivity contribution is 0.181. The van der Waals surface area contributed by atoms with E-state index in [9.17, 15) is 4.79 Å². The van der Waals surface area contributed by atoms with Gasteiger partial charge in [0, 0.05) is 19.7 Å². The van der Waals surface area contributed by atoms with Crippen LogP contribution in [0.25, 0.3) is 0 Å². The van der Waals surface area contributed by atoms with Crippen LogP contribution in [0.1, 0.15) is 16.8 Å². The average Bonchev–Trinajstić information content (AvgIpc) is 2.56.